The lowest BCUT2D eigenvalue weighted by atomic mass is 9.75. The first kappa shape index (κ1) is 13.4. The van der Waals surface area contributed by atoms with E-state index in [-0.39, 0.29) is 0 Å². The molecule has 0 amide bonds. The minimum absolute atomic E-state index is 0.466. The van der Waals surface area contributed by atoms with Crippen molar-refractivity contribution in [3.63, 3.8) is 0 Å². The SMILES string of the molecule is OC1(CNC2CC(c3ccc(Cl)cc3)C2)CCOC1. The molecule has 104 valence electrons. The van der Waals surface area contributed by atoms with Crippen LogP contribution >= 0.6 is 11.6 Å². The smallest absolute Gasteiger partial charge is 0.102 e. The third kappa shape index (κ3) is 3.11. The zero-order chi connectivity index (χ0) is 13.3. The van der Waals surface area contributed by atoms with Gasteiger partial charge >= 0.3 is 0 Å². The number of hydrogen-bond acceptors (Lipinski definition) is 3. The Balaban J connectivity index is 1.44. The van der Waals surface area contributed by atoms with Crippen LogP contribution in [0.25, 0.3) is 0 Å². The van der Waals surface area contributed by atoms with Crippen LogP contribution in [-0.2, 0) is 4.74 Å². The molecule has 0 radical (unpaired) electrons. The maximum Gasteiger partial charge on any atom is 0.102 e. The summed E-state index contributed by atoms with van der Waals surface area (Å²) in [7, 11) is 0. The van der Waals surface area contributed by atoms with E-state index < -0.39 is 5.60 Å². The van der Waals surface area contributed by atoms with Crippen molar-refractivity contribution < 1.29 is 9.84 Å². The molecular formula is C15H20ClNO2. The van der Waals surface area contributed by atoms with Gasteiger partial charge in [0, 0.05) is 30.6 Å². The van der Waals surface area contributed by atoms with Gasteiger partial charge in [0.1, 0.15) is 5.60 Å². The lowest BCUT2D eigenvalue weighted by Gasteiger charge is -2.38. The molecule has 0 aromatic heterocycles. The number of halogens is 1. The van der Waals surface area contributed by atoms with Crippen molar-refractivity contribution in [2.45, 2.75) is 36.8 Å². The standard InChI is InChI=1S/C15H20ClNO2/c16-13-3-1-11(2-4-13)12-7-14(8-12)17-9-15(18)5-6-19-10-15/h1-4,12,14,17-18H,5-10H2. The van der Waals surface area contributed by atoms with Crippen LogP contribution in [0.1, 0.15) is 30.7 Å². The predicted molar refractivity (Wildman–Crippen MR) is 75.6 cm³/mol. The van der Waals surface area contributed by atoms with E-state index in [0.29, 0.717) is 31.7 Å². The summed E-state index contributed by atoms with van der Waals surface area (Å²) in [5.41, 5.74) is 0.719. The van der Waals surface area contributed by atoms with Gasteiger partial charge < -0.3 is 15.2 Å². The molecule has 2 N–H and O–H groups in total. The van der Waals surface area contributed by atoms with E-state index in [2.05, 4.69) is 17.4 Å². The van der Waals surface area contributed by atoms with Gasteiger partial charge in [-0.05, 0) is 36.5 Å². The number of rotatable bonds is 4. The topological polar surface area (TPSA) is 41.5 Å². The molecule has 1 aromatic carbocycles. The highest BCUT2D eigenvalue weighted by Gasteiger charge is 2.35. The Bertz CT molecular complexity index is 422. The zero-order valence-corrected chi connectivity index (χ0v) is 11.7. The van der Waals surface area contributed by atoms with E-state index in [1.54, 1.807) is 0 Å². The maximum absolute atomic E-state index is 10.2. The van der Waals surface area contributed by atoms with Crippen LogP contribution in [-0.4, -0.2) is 36.5 Å². The average Bonchev–Trinajstić information content (AvgIpc) is 2.77. The van der Waals surface area contributed by atoms with Gasteiger partial charge in [0.05, 0.1) is 6.61 Å². The highest BCUT2D eigenvalue weighted by Crippen LogP contribution is 2.37. The lowest BCUT2D eigenvalue weighted by molar-refractivity contribution is 0.0216. The molecule has 1 saturated heterocycles. The van der Waals surface area contributed by atoms with Crippen LogP contribution in [0.4, 0.5) is 0 Å². The van der Waals surface area contributed by atoms with E-state index in [1.165, 1.54) is 5.56 Å². The quantitative estimate of drug-likeness (QED) is 0.890. The van der Waals surface area contributed by atoms with Crippen molar-refractivity contribution in [2.24, 2.45) is 0 Å². The normalized spacial score (nSPS) is 34.2. The number of aliphatic hydroxyl groups is 1. The first-order valence-corrected chi connectivity index (χ1v) is 7.31. The largest absolute Gasteiger partial charge is 0.386 e. The van der Waals surface area contributed by atoms with Crippen molar-refractivity contribution in [2.75, 3.05) is 19.8 Å². The van der Waals surface area contributed by atoms with Crippen molar-refractivity contribution in [1.82, 2.24) is 5.32 Å². The second-order valence-corrected chi connectivity index (χ2v) is 6.26. The Hall–Kier alpha value is -0.610. The predicted octanol–water partition coefficient (Wildman–Crippen LogP) is 2.33. The van der Waals surface area contributed by atoms with Gasteiger partial charge in [0.25, 0.3) is 0 Å². The Morgan fingerprint density at radius 3 is 2.68 bits per heavy atom. The Morgan fingerprint density at radius 1 is 1.32 bits per heavy atom. The van der Waals surface area contributed by atoms with Crippen LogP contribution < -0.4 is 5.32 Å². The molecule has 0 bridgehead atoms. The lowest BCUT2D eigenvalue weighted by Crippen LogP contribution is -2.48. The molecule has 1 aromatic rings. The number of nitrogens with one attached hydrogen (secondary N) is 1. The van der Waals surface area contributed by atoms with Crippen LogP contribution in [0.2, 0.25) is 5.02 Å². The Kier molecular flexibility index (Phi) is 3.81. The van der Waals surface area contributed by atoms with E-state index >= 15 is 0 Å². The summed E-state index contributed by atoms with van der Waals surface area (Å²) in [6, 6.07) is 8.65. The van der Waals surface area contributed by atoms with E-state index in [0.717, 1.165) is 24.3 Å². The summed E-state index contributed by atoms with van der Waals surface area (Å²) in [5.74, 6) is 0.629. The van der Waals surface area contributed by atoms with Gasteiger partial charge in [-0.25, -0.2) is 0 Å². The summed E-state index contributed by atoms with van der Waals surface area (Å²) < 4.78 is 5.24. The maximum atomic E-state index is 10.2. The van der Waals surface area contributed by atoms with Gasteiger partial charge in [-0.3, -0.25) is 0 Å². The van der Waals surface area contributed by atoms with Gasteiger partial charge in [0.15, 0.2) is 0 Å². The highest BCUT2D eigenvalue weighted by molar-refractivity contribution is 6.30. The molecule has 1 aliphatic heterocycles. The van der Waals surface area contributed by atoms with E-state index in [4.69, 9.17) is 16.3 Å². The molecule has 19 heavy (non-hydrogen) atoms. The van der Waals surface area contributed by atoms with Crippen molar-refractivity contribution in [3.8, 4) is 0 Å². The van der Waals surface area contributed by atoms with Crippen molar-refractivity contribution >= 4 is 11.6 Å². The minimum atomic E-state index is -0.647. The van der Waals surface area contributed by atoms with Crippen LogP contribution in [0, 0.1) is 0 Å². The summed E-state index contributed by atoms with van der Waals surface area (Å²) in [4.78, 5) is 0. The molecule has 3 nitrogen and oxygen atoms in total. The zero-order valence-electron chi connectivity index (χ0n) is 10.9. The molecule has 3 rings (SSSR count). The number of ether oxygens (including phenoxy) is 1. The molecule has 1 saturated carbocycles. The monoisotopic (exact) mass is 281 g/mol. The molecule has 0 spiro atoms. The minimum Gasteiger partial charge on any atom is -0.386 e. The molecule has 1 unspecified atom stereocenters. The first-order chi connectivity index (χ1) is 9.15. The van der Waals surface area contributed by atoms with Crippen LogP contribution in [0.15, 0.2) is 24.3 Å². The van der Waals surface area contributed by atoms with Gasteiger partial charge in [-0.15, -0.1) is 0 Å². The molecule has 2 fully saturated rings. The number of benzene rings is 1. The number of hydrogen-bond donors (Lipinski definition) is 2. The van der Waals surface area contributed by atoms with Gasteiger partial charge in [-0.1, -0.05) is 23.7 Å². The van der Waals surface area contributed by atoms with E-state index in [9.17, 15) is 5.11 Å². The average molecular weight is 282 g/mol. The molecule has 2 aliphatic rings. The first-order valence-electron chi connectivity index (χ1n) is 6.94. The summed E-state index contributed by atoms with van der Waals surface area (Å²) in [5, 5.41) is 14.4. The van der Waals surface area contributed by atoms with Crippen LogP contribution in [0.3, 0.4) is 0 Å². The fraction of sp³-hybridized carbons (Fsp3) is 0.600. The molecule has 1 aliphatic carbocycles. The summed E-state index contributed by atoms with van der Waals surface area (Å²) >= 11 is 5.89. The molecule has 1 atom stereocenters. The second-order valence-electron chi connectivity index (χ2n) is 5.82. The molecule has 4 heteroatoms. The van der Waals surface area contributed by atoms with E-state index in [1.807, 2.05) is 12.1 Å². The van der Waals surface area contributed by atoms with Crippen LogP contribution in [0.5, 0.6) is 0 Å². The Labute approximate surface area is 118 Å². The summed E-state index contributed by atoms with van der Waals surface area (Å²) in [6.45, 7) is 1.79. The molecular weight excluding hydrogens is 262 g/mol. The fourth-order valence-electron chi connectivity index (χ4n) is 2.86. The summed E-state index contributed by atoms with van der Waals surface area (Å²) in [6.07, 6.45) is 3.02. The molecule has 1 heterocycles. The van der Waals surface area contributed by atoms with Gasteiger partial charge in [0.2, 0.25) is 0 Å². The van der Waals surface area contributed by atoms with Gasteiger partial charge in [-0.2, -0.15) is 0 Å². The fourth-order valence-corrected chi connectivity index (χ4v) is 2.99. The van der Waals surface area contributed by atoms with Crippen molar-refractivity contribution in [1.29, 1.82) is 0 Å². The third-order valence-electron chi connectivity index (χ3n) is 4.28. The third-order valence-corrected chi connectivity index (χ3v) is 4.53. The highest BCUT2D eigenvalue weighted by atomic mass is 35.5. The van der Waals surface area contributed by atoms with Crippen molar-refractivity contribution in [3.05, 3.63) is 34.9 Å². The second kappa shape index (κ2) is 5.41. The Morgan fingerprint density at radius 2 is 2.05 bits per heavy atom.